The number of amides is 1. The Labute approximate surface area is 180 Å². The van der Waals surface area contributed by atoms with E-state index in [2.05, 4.69) is 26.0 Å². The summed E-state index contributed by atoms with van der Waals surface area (Å²) in [7, 11) is 1.57. The van der Waals surface area contributed by atoms with Gasteiger partial charge in [0.25, 0.3) is 5.91 Å². The molecule has 1 heterocycles. The number of methoxy groups -OCH3 is 1. The SMILES string of the molecule is COc1cccc(C(=O)N(/N=C/c2ccccc2)c2nc3ccc(Br)cc3s2)c1. The van der Waals surface area contributed by atoms with Crippen molar-refractivity contribution in [2.24, 2.45) is 5.10 Å². The Balaban J connectivity index is 1.77. The topological polar surface area (TPSA) is 54.8 Å². The van der Waals surface area contributed by atoms with Gasteiger partial charge < -0.3 is 4.74 Å². The van der Waals surface area contributed by atoms with Gasteiger partial charge >= 0.3 is 0 Å². The summed E-state index contributed by atoms with van der Waals surface area (Å²) < 4.78 is 7.18. The van der Waals surface area contributed by atoms with Gasteiger partial charge in [-0.15, -0.1) is 0 Å². The summed E-state index contributed by atoms with van der Waals surface area (Å²) in [5, 5.41) is 6.30. The van der Waals surface area contributed by atoms with E-state index in [-0.39, 0.29) is 5.91 Å². The molecule has 0 aliphatic rings. The molecule has 3 aromatic carbocycles. The predicted octanol–water partition coefficient (Wildman–Crippen LogP) is 5.75. The van der Waals surface area contributed by atoms with Gasteiger partial charge in [0.1, 0.15) is 5.75 Å². The van der Waals surface area contributed by atoms with Crippen molar-refractivity contribution in [3.05, 3.63) is 88.4 Å². The van der Waals surface area contributed by atoms with E-state index in [1.165, 1.54) is 16.3 Å². The first-order chi connectivity index (χ1) is 14.1. The molecule has 0 radical (unpaired) electrons. The number of carbonyl (C=O) groups excluding carboxylic acids is 1. The van der Waals surface area contributed by atoms with Gasteiger partial charge in [-0.1, -0.05) is 63.7 Å². The third kappa shape index (κ3) is 4.36. The van der Waals surface area contributed by atoms with E-state index in [0.29, 0.717) is 16.4 Å². The number of hydrazone groups is 1. The van der Waals surface area contributed by atoms with E-state index < -0.39 is 0 Å². The van der Waals surface area contributed by atoms with Crippen molar-refractivity contribution in [3.63, 3.8) is 0 Å². The third-order valence-electron chi connectivity index (χ3n) is 4.15. The lowest BCUT2D eigenvalue weighted by Gasteiger charge is -2.14. The molecule has 0 saturated heterocycles. The molecule has 29 heavy (non-hydrogen) atoms. The Morgan fingerprint density at radius 1 is 1.10 bits per heavy atom. The van der Waals surface area contributed by atoms with Gasteiger partial charge in [0.05, 0.1) is 23.5 Å². The maximum atomic E-state index is 13.3. The van der Waals surface area contributed by atoms with Crippen molar-refractivity contribution in [1.29, 1.82) is 0 Å². The number of anilines is 1. The van der Waals surface area contributed by atoms with Crippen LogP contribution >= 0.6 is 27.3 Å². The first kappa shape index (κ1) is 19.3. The van der Waals surface area contributed by atoms with E-state index >= 15 is 0 Å². The highest BCUT2D eigenvalue weighted by molar-refractivity contribution is 9.10. The maximum Gasteiger partial charge on any atom is 0.280 e. The van der Waals surface area contributed by atoms with Crippen molar-refractivity contribution < 1.29 is 9.53 Å². The van der Waals surface area contributed by atoms with Gasteiger partial charge in [-0.3, -0.25) is 4.79 Å². The van der Waals surface area contributed by atoms with Gasteiger partial charge in [0.2, 0.25) is 5.13 Å². The Kier molecular flexibility index (Phi) is 5.69. The Morgan fingerprint density at radius 2 is 1.93 bits per heavy atom. The second-order valence-corrected chi connectivity index (χ2v) is 8.04. The van der Waals surface area contributed by atoms with Crippen LogP contribution in [0, 0.1) is 0 Å². The number of hydrogen-bond acceptors (Lipinski definition) is 5. The number of nitrogens with zero attached hydrogens (tertiary/aromatic N) is 3. The standard InChI is InChI=1S/C22H16BrN3O2S/c1-28-18-9-5-8-16(12-18)21(27)26(24-14-15-6-3-2-4-7-15)22-25-19-11-10-17(23)13-20(19)29-22/h2-14H,1H3/b24-14+. The number of fused-ring (bicyclic) bond motifs is 1. The summed E-state index contributed by atoms with van der Waals surface area (Å²) >= 11 is 4.88. The largest absolute Gasteiger partial charge is 0.497 e. The Morgan fingerprint density at radius 3 is 2.72 bits per heavy atom. The molecule has 1 amide bonds. The molecule has 7 heteroatoms. The number of aromatic nitrogens is 1. The zero-order valence-corrected chi connectivity index (χ0v) is 17.9. The molecular weight excluding hydrogens is 450 g/mol. The molecule has 0 N–H and O–H groups in total. The molecule has 4 rings (SSSR count). The fourth-order valence-electron chi connectivity index (χ4n) is 2.71. The molecule has 1 aromatic heterocycles. The minimum Gasteiger partial charge on any atom is -0.497 e. The second kappa shape index (κ2) is 8.55. The fraction of sp³-hybridized carbons (Fsp3) is 0.0455. The average Bonchev–Trinajstić information content (AvgIpc) is 3.17. The molecule has 0 fully saturated rings. The number of hydrogen-bond donors (Lipinski definition) is 0. The van der Waals surface area contributed by atoms with Crippen LogP contribution in [-0.2, 0) is 0 Å². The highest BCUT2D eigenvalue weighted by Gasteiger charge is 2.21. The van der Waals surface area contributed by atoms with Crippen LogP contribution in [0.5, 0.6) is 5.75 Å². The van der Waals surface area contributed by atoms with Gasteiger partial charge in [0, 0.05) is 10.0 Å². The molecule has 4 aromatic rings. The number of rotatable bonds is 5. The zero-order chi connectivity index (χ0) is 20.2. The van der Waals surface area contributed by atoms with E-state index in [1.807, 2.05) is 48.5 Å². The molecule has 144 valence electrons. The van der Waals surface area contributed by atoms with E-state index in [1.54, 1.807) is 37.6 Å². The Hall–Kier alpha value is -3.03. The van der Waals surface area contributed by atoms with Crippen LogP contribution in [0.3, 0.4) is 0 Å². The summed E-state index contributed by atoms with van der Waals surface area (Å²) in [5.41, 5.74) is 2.17. The van der Waals surface area contributed by atoms with Crippen LogP contribution in [0.2, 0.25) is 0 Å². The molecule has 0 aliphatic carbocycles. The summed E-state index contributed by atoms with van der Waals surface area (Å²) in [6, 6.07) is 22.4. The maximum absolute atomic E-state index is 13.3. The summed E-state index contributed by atoms with van der Waals surface area (Å²) in [6.07, 6.45) is 1.65. The van der Waals surface area contributed by atoms with E-state index in [0.717, 1.165) is 20.3 Å². The monoisotopic (exact) mass is 465 g/mol. The lowest BCUT2D eigenvalue weighted by molar-refractivity contribution is 0.0987. The molecule has 0 spiro atoms. The van der Waals surface area contributed by atoms with Crippen LogP contribution in [-0.4, -0.2) is 24.2 Å². The first-order valence-electron chi connectivity index (χ1n) is 8.78. The first-order valence-corrected chi connectivity index (χ1v) is 10.4. The summed E-state index contributed by atoms with van der Waals surface area (Å²) in [4.78, 5) is 17.9. The molecule has 0 saturated carbocycles. The third-order valence-corrected chi connectivity index (χ3v) is 5.64. The van der Waals surface area contributed by atoms with Crippen LogP contribution in [0.4, 0.5) is 5.13 Å². The molecule has 0 bridgehead atoms. The van der Waals surface area contributed by atoms with Crippen molar-refractivity contribution >= 4 is 54.7 Å². The number of carbonyl (C=O) groups is 1. The van der Waals surface area contributed by atoms with Crippen molar-refractivity contribution in [2.75, 3.05) is 12.1 Å². The number of thiazole rings is 1. The van der Waals surface area contributed by atoms with Gasteiger partial charge in [-0.25, -0.2) is 4.98 Å². The van der Waals surface area contributed by atoms with Gasteiger partial charge in [-0.05, 0) is 42.0 Å². The molecule has 0 unspecified atom stereocenters. The quantitative estimate of drug-likeness (QED) is 0.278. The predicted molar refractivity (Wildman–Crippen MR) is 121 cm³/mol. The second-order valence-electron chi connectivity index (χ2n) is 6.11. The molecule has 5 nitrogen and oxygen atoms in total. The fourth-order valence-corrected chi connectivity index (χ4v) is 4.18. The zero-order valence-electron chi connectivity index (χ0n) is 15.4. The number of ether oxygens (including phenoxy) is 1. The Bertz CT molecular complexity index is 1190. The van der Waals surface area contributed by atoms with Crippen LogP contribution in [0.25, 0.3) is 10.2 Å². The van der Waals surface area contributed by atoms with Crippen molar-refractivity contribution in [3.8, 4) is 5.75 Å². The lowest BCUT2D eigenvalue weighted by atomic mass is 10.2. The lowest BCUT2D eigenvalue weighted by Crippen LogP contribution is -2.25. The van der Waals surface area contributed by atoms with Crippen molar-refractivity contribution in [1.82, 2.24) is 4.98 Å². The molecular formula is C22H16BrN3O2S. The summed E-state index contributed by atoms with van der Waals surface area (Å²) in [6.45, 7) is 0. The minimum atomic E-state index is -0.283. The van der Waals surface area contributed by atoms with E-state index in [4.69, 9.17) is 4.74 Å². The average molecular weight is 466 g/mol. The molecule has 0 atom stereocenters. The minimum absolute atomic E-state index is 0.283. The number of benzene rings is 3. The normalized spacial score (nSPS) is 11.1. The van der Waals surface area contributed by atoms with Gasteiger partial charge in [-0.2, -0.15) is 10.1 Å². The van der Waals surface area contributed by atoms with Crippen LogP contribution in [0.1, 0.15) is 15.9 Å². The highest BCUT2D eigenvalue weighted by atomic mass is 79.9. The van der Waals surface area contributed by atoms with Crippen LogP contribution < -0.4 is 9.75 Å². The molecule has 0 aliphatic heterocycles. The van der Waals surface area contributed by atoms with Gasteiger partial charge in [0.15, 0.2) is 0 Å². The smallest absolute Gasteiger partial charge is 0.280 e. The van der Waals surface area contributed by atoms with Crippen LogP contribution in [0.15, 0.2) is 82.4 Å². The summed E-state index contributed by atoms with van der Waals surface area (Å²) in [5.74, 6) is 0.324. The van der Waals surface area contributed by atoms with Crippen molar-refractivity contribution in [2.45, 2.75) is 0 Å². The number of halogens is 1. The van der Waals surface area contributed by atoms with E-state index in [9.17, 15) is 4.79 Å². The highest BCUT2D eigenvalue weighted by Crippen LogP contribution is 2.32.